The van der Waals surface area contributed by atoms with Gasteiger partial charge in [-0.2, -0.15) is 0 Å². The number of carbonyl (C=O) groups is 3. The zero-order valence-electron chi connectivity index (χ0n) is 12.3. The minimum atomic E-state index is -0.605. The highest BCUT2D eigenvalue weighted by atomic mass is 16.6. The van der Waals surface area contributed by atoms with Crippen LogP contribution in [0.3, 0.4) is 0 Å². The molecule has 114 valence electrons. The summed E-state index contributed by atoms with van der Waals surface area (Å²) in [4.78, 5) is 35.3. The minimum Gasteiger partial charge on any atom is -0.465 e. The van der Waals surface area contributed by atoms with Gasteiger partial charge in [0.05, 0.1) is 6.61 Å². The Bertz CT molecular complexity index is 383. The highest BCUT2D eigenvalue weighted by Gasteiger charge is 2.40. The van der Waals surface area contributed by atoms with Gasteiger partial charge in [-0.05, 0) is 7.05 Å². The first-order valence-corrected chi connectivity index (χ1v) is 6.46. The third kappa shape index (κ3) is 5.16. The Morgan fingerprint density at radius 2 is 1.60 bits per heavy atom. The van der Waals surface area contributed by atoms with Gasteiger partial charge >= 0.3 is 17.9 Å². The molecule has 1 aliphatic heterocycles. The van der Waals surface area contributed by atoms with Crippen LogP contribution in [0.5, 0.6) is 0 Å². The molecule has 3 atom stereocenters. The quantitative estimate of drug-likeness (QED) is 0.530. The Labute approximate surface area is 118 Å². The zero-order valence-corrected chi connectivity index (χ0v) is 12.3. The van der Waals surface area contributed by atoms with Crippen LogP contribution in [0.1, 0.15) is 20.8 Å². The predicted molar refractivity (Wildman–Crippen MR) is 68.7 cm³/mol. The van der Waals surface area contributed by atoms with Gasteiger partial charge in [-0.3, -0.25) is 14.4 Å². The Hall–Kier alpha value is -1.63. The Kier molecular flexibility index (Phi) is 5.94. The third-order valence-electron chi connectivity index (χ3n) is 2.99. The lowest BCUT2D eigenvalue weighted by Gasteiger charge is -2.40. The van der Waals surface area contributed by atoms with E-state index in [4.69, 9.17) is 14.2 Å². The van der Waals surface area contributed by atoms with Crippen molar-refractivity contribution in [2.75, 3.05) is 26.7 Å². The van der Waals surface area contributed by atoms with E-state index in [0.29, 0.717) is 13.1 Å². The maximum Gasteiger partial charge on any atom is 0.303 e. The molecule has 0 radical (unpaired) electrons. The molecule has 0 aliphatic carbocycles. The number of carbonyl (C=O) groups excluding carboxylic acids is 3. The van der Waals surface area contributed by atoms with E-state index < -0.39 is 30.1 Å². The standard InChI is InChI=1S/C13H21NO6/c1-8(15)18-7-11-5-14(4)6-12(19-9(2)16)13(11)20-10(3)17/h11-13H,5-7H2,1-4H3/t11-,12-,13+/m1/s1. The molecule has 7 nitrogen and oxygen atoms in total. The van der Waals surface area contributed by atoms with Crippen LogP contribution in [-0.2, 0) is 28.6 Å². The number of likely N-dealkylation sites (N-methyl/N-ethyl adjacent to an activating group) is 1. The zero-order chi connectivity index (χ0) is 15.3. The van der Waals surface area contributed by atoms with Gasteiger partial charge in [0.15, 0.2) is 6.10 Å². The topological polar surface area (TPSA) is 82.1 Å². The average molecular weight is 287 g/mol. The minimum absolute atomic E-state index is 0.120. The summed E-state index contributed by atoms with van der Waals surface area (Å²) in [7, 11) is 1.86. The highest BCUT2D eigenvalue weighted by Crippen LogP contribution is 2.23. The van der Waals surface area contributed by atoms with Crippen molar-refractivity contribution >= 4 is 17.9 Å². The number of hydrogen-bond donors (Lipinski definition) is 0. The highest BCUT2D eigenvalue weighted by molar-refractivity contribution is 5.67. The summed E-state index contributed by atoms with van der Waals surface area (Å²) in [5.74, 6) is -1.52. The molecule has 0 bridgehead atoms. The van der Waals surface area contributed by atoms with Crippen LogP contribution in [0.15, 0.2) is 0 Å². The molecular formula is C13H21NO6. The van der Waals surface area contributed by atoms with Gasteiger partial charge in [-0.15, -0.1) is 0 Å². The molecule has 1 aliphatic rings. The number of rotatable bonds is 4. The van der Waals surface area contributed by atoms with E-state index in [2.05, 4.69) is 0 Å². The van der Waals surface area contributed by atoms with Gasteiger partial charge < -0.3 is 19.1 Å². The first-order valence-electron chi connectivity index (χ1n) is 6.46. The maximum atomic E-state index is 11.2. The Morgan fingerprint density at radius 1 is 1.00 bits per heavy atom. The summed E-state index contributed by atoms with van der Waals surface area (Å²) >= 11 is 0. The van der Waals surface area contributed by atoms with Gasteiger partial charge in [0.1, 0.15) is 6.10 Å². The molecule has 0 aromatic carbocycles. The second kappa shape index (κ2) is 7.23. The van der Waals surface area contributed by atoms with Crippen molar-refractivity contribution in [3.63, 3.8) is 0 Å². The van der Waals surface area contributed by atoms with Crippen LogP contribution < -0.4 is 0 Å². The predicted octanol–water partition coefficient (Wildman–Crippen LogP) is -0.0255. The van der Waals surface area contributed by atoms with Gasteiger partial charge in [0.25, 0.3) is 0 Å². The number of piperidine rings is 1. The Morgan fingerprint density at radius 3 is 2.10 bits per heavy atom. The molecule has 0 spiro atoms. The number of hydrogen-bond acceptors (Lipinski definition) is 7. The van der Waals surface area contributed by atoms with Crippen molar-refractivity contribution in [3.05, 3.63) is 0 Å². The first-order chi connectivity index (χ1) is 9.29. The second-order valence-corrected chi connectivity index (χ2v) is 5.01. The molecule has 1 saturated heterocycles. The largest absolute Gasteiger partial charge is 0.465 e. The smallest absolute Gasteiger partial charge is 0.303 e. The fourth-order valence-corrected chi connectivity index (χ4v) is 2.35. The van der Waals surface area contributed by atoms with Crippen molar-refractivity contribution in [1.29, 1.82) is 0 Å². The maximum absolute atomic E-state index is 11.2. The van der Waals surface area contributed by atoms with Crippen LogP contribution in [-0.4, -0.2) is 61.8 Å². The van der Waals surface area contributed by atoms with Crippen LogP contribution in [0.2, 0.25) is 0 Å². The average Bonchev–Trinajstić information content (AvgIpc) is 2.28. The van der Waals surface area contributed by atoms with Gasteiger partial charge in [-0.1, -0.05) is 0 Å². The number of nitrogens with zero attached hydrogens (tertiary/aromatic N) is 1. The molecule has 0 saturated carbocycles. The summed E-state index contributed by atoms with van der Waals surface area (Å²) < 4.78 is 15.5. The van der Waals surface area contributed by atoms with E-state index >= 15 is 0 Å². The lowest BCUT2D eigenvalue weighted by molar-refractivity contribution is -0.181. The number of likely N-dealkylation sites (tertiary alicyclic amines) is 1. The molecule has 0 aromatic heterocycles. The molecule has 0 unspecified atom stereocenters. The van der Waals surface area contributed by atoms with Crippen molar-refractivity contribution in [2.45, 2.75) is 33.0 Å². The SMILES string of the molecule is CC(=O)OC[C@H]1CN(C)C[C@@H](OC(C)=O)[C@H]1OC(C)=O. The van der Waals surface area contributed by atoms with Crippen molar-refractivity contribution in [2.24, 2.45) is 5.92 Å². The normalized spacial score (nSPS) is 26.7. The molecule has 20 heavy (non-hydrogen) atoms. The van der Waals surface area contributed by atoms with E-state index in [1.54, 1.807) is 0 Å². The van der Waals surface area contributed by atoms with Crippen molar-refractivity contribution in [1.82, 2.24) is 4.90 Å². The van der Waals surface area contributed by atoms with Crippen LogP contribution in [0.4, 0.5) is 0 Å². The molecule has 7 heteroatoms. The summed E-state index contributed by atoms with van der Waals surface area (Å²) in [6.07, 6.45) is -1.16. The van der Waals surface area contributed by atoms with Crippen molar-refractivity contribution < 1.29 is 28.6 Å². The van der Waals surface area contributed by atoms with E-state index in [9.17, 15) is 14.4 Å². The summed E-state index contributed by atoms with van der Waals surface area (Å²) in [5, 5.41) is 0. The first kappa shape index (κ1) is 16.4. The van der Waals surface area contributed by atoms with Crippen LogP contribution in [0.25, 0.3) is 0 Å². The van der Waals surface area contributed by atoms with Crippen molar-refractivity contribution in [3.8, 4) is 0 Å². The van der Waals surface area contributed by atoms with Gasteiger partial charge in [0.2, 0.25) is 0 Å². The fourth-order valence-electron chi connectivity index (χ4n) is 2.35. The molecule has 1 heterocycles. The second-order valence-electron chi connectivity index (χ2n) is 5.01. The molecule has 0 aromatic rings. The van der Waals surface area contributed by atoms with Gasteiger partial charge in [0, 0.05) is 39.8 Å². The molecule has 0 N–H and O–H groups in total. The van der Waals surface area contributed by atoms with E-state index in [1.807, 2.05) is 11.9 Å². The van der Waals surface area contributed by atoms with Crippen LogP contribution >= 0.6 is 0 Å². The molecular weight excluding hydrogens is 266 g/mol. The van der Waals surface area contributed by atoms with E-state index in [1.165, 1.54) is 20.8 Å². The van der Waals surface area contributed by atoms with E-state index in [-0.39, 0.29) is 12.5 Å². The lowest BCUT2D eigenvalue weighted by Crippen LogP contribution is -2.55. The summed E-state index contributed by atoms with van der Waals surface area (Å²) in [5.41, 5.74) is 0. The molecule has 1 fully saturated rings. The molecule has 1 rings (SSSR count). The molecule has 0 amide bonds. The lowest BCUT2D eigenvalue weighted by atomic mass is 9.93. The Balaban J connectivity index is 2.82. The number of esters is 3. The fraction of sp³-hybridized carbons (Fsp3) is 0.769. The van der Waals surface area contributed by atoms with E-state index in [0.717, 1.165) is 0 Å². The van der Waals surface area contributed by atoms with Crippen LogP contribution in [0, 0.1) is 5.92 Å². The third-order valence-corrected chi connectivity index (χ3v) is 2.99. The number of ether oxygens (including phenoxy) is 3. The monoisotopic (exact) mass is 287 g/mol. The summed E-state index contributed by atoms with van der Waals surface area (Å²) in [6.45, 7) is 5.09. The summed E-state index contributed by atoms with van der Waals surface area (Å²) in [6, 6.07) is 0. The van der Waals surface area contributed by atoms with Gasteiger partial charge in [-0.25, -0.2) is 0 Å².